The smallest absolute Gasteiger partial charge is 0.298 e. The zero-order chi connectivity index (χ0) is 18.7. The first-order valence-corrected chi connectivity index (χ1v) is 7.93. The van der Waals surface area contributed by atoms with Gasteiger partial charge in [-0.3, -0.25) is 10.1 Å². The van der Waals surface area contributed by atoms with E-state index in [2.05, 4.69) is 15.3 Å². The fourth-order valence-corrected chi connectivity index (χ4v) is 2.51. The lowest BCUT2D eigenvalue weighted by molar-refractivity contribution is -0.671. The normalized spacial score (nSPS) is 10.7. The number of nitro groups is 1. The van der Waals surface area contributed by atoms with Crippen LogP contribution in [0.3, 0.4) is 0 Å². The van der Waals surface area contributed by atoms with E-state index in [9.17, 15) is 10.1 Å². The maximum absolute atomic E-state index is 11.1. The van der Waals surface area contributed by atoms with E-state index in [-0.39, 0.29) is 28.8 Å². The highest BCUT2D eigenvalue weighted by Crippen LogP contribution is 2.32. The largest absolute Gasteiger partial charge is 1.00 e. The highest BCUT2D eigenvalue weighted by Gasteiger charge is 2.15. The molecule has 0 spiro atoms. The second kappa shape index (κ2) is 8.56. The predicted molar refractivity (Wildman–Crippen MR) is 95.6 cm³/mol. The van der Waals surface area contributed by atoms with Crippen LogP contribution in [0.25, 0.3) is 0 Å². The Morgan fingerprint density at radius 3 is 2.78 bits per heavy atom. The standard InChI is InChI=1S/C16H15ClN7O2.ClH/c1-22-6-2-3-11(9-22)10-23-16(18)14(8-19-23)21-20-13-5-4-12(17)7-15(13)24(25)26;/h2-9H,10,18H2,1H3;1H/q+1;/p-1/b21-20+;. The lowest BCUT2D eigenvalue weighted by Gasteiger charge is -2.03. The molecular weight excluding hydrogens is 393 g/mol. The van der Waals surface area contributed by atoms with E-state index in [1.165, 1.54) is 24.4 Å². The lowest BCUT2D eigenvalue weighted by atomic mass is 10.3. The second-order valence-electron chi connectivity index (χ2n) is 5.54. The number of azo groups is 1. The Labute approximate surface area is 165 Å². The molecule has 0 unspecified atom stereocenters. The number of aromatic nitrogens is 3. The number of hydrogen-bond donors (Lipinski definition) is 1. The molecule has 1 aromatic carbocycles. The van der Waals surface area contributed by atoms with Gasteiger partial charge in [-0.25, -0.2) is 9.25 Å². The molecule has 0 saturated heterocycles. The van der Waals surface area contributed by atoms with Gasteiger partial charge in [0.1, 0.15) is 18.6 Å². The van der Waals surface area contributed by atoms with Crippen LogP contribution in [-0.4, -0.2) is 14.7 Å². The molecule has 11 heteroatoms. The molecule has 0 radical (unpaired) electrons. The quantitative estimate of drug-likeness (QED) is 0.283. The molecule has 9 nitrogen and oxygen atoms in total. The number of aryl methyl sites for hydroxylation is 1. The van der Waals surface area contributed by atoms with Crippen molar-refractivity contribution >= 4 is 34.5 Å². The second-order valence-corrected chi connectivity index (χ2v) is 5.98. The van der Waals surface area contributed by atoms with Crippen LogP contribution in [0.2, 0.25) is 5.02 Å². The minimum absolute atomic E-state index is 0. The average Bonchev–Trinajstić information content (AvgIpc) is 2.94. The summed E-state index contributed by atoms with van der Waals surface area (Å²) in [5.41, 5.74) is 7.26. The molecule has 0 saturated carbocycles. The molecule has 0 atom stereocenters. The van der Waals surface area contributed by atoms with Gasteiger partial charge in [-0.15, -0.1) is 10.2 Å². The minimum atomic E-state index is -0.567. The summed E-state index contributed by atoms with van der Waals surface area (Å²) in [5.74, 6) is 0.317. The zero-order valence-corrected chi connectivity index (χ0v) is 15.7. The van der Waals surface area contributed by atoms with E-state index in [4.69, 9.17) is 17.3 Å². The van der Waals surface area contributed by atoms with Crippen LogP contribution in [0.15, 0.2) is 59.2 Å². The SMILES string of the molecule is C[n+]1cccc(Cn2ncc(/N=N/c3ccc(Cl)cc3[N+](=O)[O-])c2N)c1.[Cl-]. The van der Waals surface area contributed by atoms with Crippen LogP contribution < -0.4 is 22.7 Å². The highest BCUT2D eigenvalue weighted by atomic mass is 35.5. The van der Waals surface area contributed by atoms with Gasteiger partial charge in [-0.1, -0.05) is 11.6 Å². The van der Waals surface area contributed by atoms with Crippen molar-refractivity contribution in [3.8, 4) is 0 Å². The van der Waals surface area contributed by atoms with E-state index in [0.29, 0.717) is 18.1 Å². The van der Waals surface area contributed by atoms with Crippen molar-refractivity contribution in [3.05, 3.63) is 69.6 Å². The first-order valence-electron chi connectivity index (χ1n) is 7.55. The van der Waals surface area contributed by atoms with Crippen molar-refractivity contribution in [1.29, 1.82) is 0 Å². The number of nitrogens with two attached hydrogens (primary N) is 1. The molecule has 0 aliphatic carbocycles. The first-order chi connectivity index (χ1) is 12.4. The third kappa shape index (κ3) is 4.78. The monoisotopic (exact) mass is 407 g/mol. The number of nitrogens with zero attached hydrogens (tertiary/aromatic N) is 6. The Morgan fingerprint density at radius 1 is 1.33 bits per heavy atom. The van der Waals surface area contributed by atoms with E-state index in [1.54, 1.807) is 4.68 Å². The number of hydrogen-bond acceptors (Lipinski definition) is 6. The summed E-state index contributed by atoms with van der Waals surface area (Å²) in [7, 11) is 1.93. The fraction of sp³-hybridized carbons (Fsp3) is 0.125. The van der Waals surface area contributed by atoms with Gasteiger partial charge >= 0.3 is 0 Å². The van der Waals surface area contributed by atoms with Crippen molar-refractivity contribution in [3.63, 3.8) is 0 Å². The Morgan fingerprint density at radius 2 is 2.07 bits per heavy atom. The summed E-state index contributed by atoms with van der Waals surface area (Å²) >= 11 is 5.78. The highest BCUT2D eigenvalue weighted by molar-refractivity contribution is 6.30. The van der Waals surface area contributed by atoms with E-state index in [0.717, 1.165) is 5.56 Å². The summed E-state index contributed by atoms with van der Waals surface area (Å²) in [6, 6.07) is 8.03. The van der Waals surface area contributed by atoms with Gasteiger partial charge in [-0.05, 0) is 18.2 Å². The maximum atomic E-state index is 11.1. The van der Waals surface area contributed by atoms with Crippen molar-refractivity contribution in [2.24, 2.45) is 17.3 Å². The maximum Gasteiger partial charge on any atom is 0.298 e. The molecule has 0 bridgehead atoms. The summed E-state index contributed by atoms with van der Waals surface area (Å²) in [6.45, 7) is 0.469. The number of pyridine rings is 1. The number of rotatable bonds is 5. The van der Waals surface area contributed by atoms with E-state index in [1.807, 2.05) is 36.1 Å². The Bertz CT molecular complexity index is 1000. The number of benzene rings is 1. The molecule has 0 amide bonds. The van der Waals surface area contributed by atoms with Crippen molar-refractivity contribution in [2.45, 2.75) is 6.54 Å². The molecular formula is C16H15Cl2N7O2. The number of nitrogen functional groups attached to an aromatic ring is 1. The Balaban J connectivity index is 0.00000261. The van der Waals surface area contributed by atoms with Gasteiger partial charge < -0.3 is 18.1 Å². The molecule has 3 aromatic rings. The van der Waals surface area contributed by atoms with Gasteiger partial charge in [0.25, 0.3) is 5.69 Å². The molecule has 27 heavy (non-hydrogen) atoms. The predicted octanol–water partition coefficient (Wildman–Crippen LogP) is 0.319. The fourth-order valence-electron chi connectivity index (χ4n) is 2.34. The molecule has 0 aliphatic rings. The first kappa shape index (κ1) is 20.3. The molecule has 2 aromatic heterocycles. The van der Waals surface area contributed by atoms with Gasteiger partial charge in [0.2, 0.25) is 0 Å². The summed E-state index contributed by atoms with van der Waals surface area (Å²) < 4.78 is 3.51. The molecule has 140 valence electrons. The third-order valence-corrected chi connectivity index (χ3v) is 3.83. The number of anilines is 1. The topological polar surface area (TPSA) is 116 Å². The van der Waals surface area contributed by atoms with Crippen LogP contribution in [0.5, 0.6) is 0 Å². The molecule has 0 fully saturated rings. The Hall–Kier alpha value is -3.04. The zero-order valence-electron chi connectivity index (χ0n) is 14.2. The van der Waals surface area contributed by atoms with Crippen molar-refractivity contribution < 1.29 is 21.9 Å². The summed E-state index contributed by atoms with van der Waals surface area (Å²) in [6.07, 6.45) is 5.34. The summed E-state index contributed by atoms with van der Waals surface area (Å²) in [5, 5.41) is 23.5. The number of nitro benzene ring substituents is 1. The molecule has 3 rings (SSSR count). The van der Waals surface area contributed by atoms with Crippen LogP contribution >= 0.6 is 11.6 Å². The van der Waals surface area contributed by atoms with Crippen molar-refractivity contribution in [2.75, 3.05) is 5.73 Å². The molecule has 2 heterocycles. The van der Waals surface area contributed by atoms with Gasteiger partial charge in [0, 0.05) is 22.7 Å². The average molecular weight is 408 g/mol. The minimum Gasteiger partial charge on any atom is -1.00 e. The molecule has 0 aliphatic heterocycles. The Kier molecular flexibility index (Phi) is 6.43. The van der Waals surface area contributed by atoms with Gasteiger partial charge in [0.05, 0.1) is 17.7 Å². The van der Waals surface area contributed by atoms with Gasteiger partial charge in [0.15, 0.2) is 18.1 Å². The van der Waals surface area contributed by atoms with Crippen LogP contribution in [-0.2, 0) is 13.6 Å². The number of halogens is 2. The van der Waals surface area contributed by atoms with E-state index >= 15 is 0 Å². The summed E-state index contributed by atoms with van der Waals surface area (Å²) in [4.78, 5) is 10.5. The van der Waals surface area contributed by atoms with Crippen LogP contribution in [0.1, 0.15) is 5.56 Å². The third-order valence-electron chi connectivity index (χ3n) is 3.59. The van der Waals surface area contributed by atoms with Crippen LogP contribution in [0, 0.1) is 10.1 Å². The van der Waals surface area contributed by atoms with Crippen LogP contribution in [0.4, 0.5) is 22.9 Å². The van der Waals surface area contributed by atoms with Crippen molar-refractivity contribution in [1.82, 2.24) is 9.78 Å². The lowest BCUT2D eigenvalue weighted by Crippen LogP contribution is -3.00. The van der Waals surface area contributed by atoms with Gasteiger partial charge in [-0.2, -0.15) is 5.10 Å². The van der Waals surface area contributed by atoms with E-state index < -0.39 is 4.92 Å². The molecule has 2 N–H and O–H groups in total.